The van der Waals surface area contributed by atoms with Crippen LogP contribution in [0, 0.1) is 6.92 Å². The molecule has 0 saturated carbocycles. The van der Waals surface area contributed by atoms with Crippen LogP contribution < -0.4 is 11.1 Å². The topological polar surface area (TPSA) is 68.0 Å². The largest absolute Gasteiger partial charge is 0.397 e. The van der Waals surface area contributed by atoms with Crippen molar-refractivity contribution in [1.82, 2.24) is 4.98 Å². The maximum atomic E-state index is 12.0. The molecule has 4 nitrogen and oxygen atoms in total. The van der Waals surface area contributed by atoms with Crippen LogP contribution in [0.3, 0.4) is 0 Å². The van der Waals surface area contributed by atoms with Gasteiger partial charge in [0, 0.05) is 6.20 Å². The Kier molecular flexibility index (Phi) is 3.48. The molecule has 0 aliphatic rings. The molecule has 0 atom stereocenters. The Bertz CT molecular complexity index is 599. The Labute approximate surface area is 110 Å². The number of carbonyl (C=O) groups is 1. The zero-order chi connectivity index (χ0) is 13.1. The number of carbonyl (C=O) groups excluding carboxylic acids is 1. The molecule has 1 heterocycles. The number of aryl methyl sites for hydroxylation is 1. The number of anilines is 2. The van der Waals surface area contributed by atoms with Gasteiger partial charge >= 0.3 is 0 Å². The first-order chi connectivity index (χ1) is 8.58. The molecule has 2 aromatic rings. The first kappa shape index (κ1) is 12.4. The molecule has 0 unspecified atom stereocenters. The van der Waals surface area contributed by atoms with E-state index >= 15 is 0 Å². The highest BCUT2D eigenvalue weighted by Gasteiger charge is 2.12. The van der Waals surface area contributed by atoms with Gasteiger partial charge < -0.3 is 11.1 Å². The molecule has 92 valence electrons. The lowest BCUT2D eigenvalue weighted by atomic mass is 10.2. The summed E-state index contributed by atoms with van der Waals surface area (Å²) in [6, 6.07) is 8.68. The number of aromatic nitrogens is 1. The van der Waals surface area contributed by atoms with Gasteiger partial charge in [-0.15, -0.1) is 0 Å². The zero-order valence-corrected chi connectivity index (χ0v) is 10.5. The minimum atomic E-state index is -0.376. The van der Waals surface area contributed by atoms with Crippen molar-refractivity contribution in [2.45, 2.75) is 6.92 Å². The number of amides is 1. The lowest BCUT2D eigenvalue weighted by molar-refractivity contribution is 0.102. The van der Waals surface area contributed by atoms with Crippen LogP contribution in [-0.2, 0) is 0 Å². The van der Waals surface area contributed by atoms with Crippen LogP contribution in [0.4, 0.5) is 11.4 Å². The molecule has 0 spiro atoms. The summed E-state index contributed by atoms with van der Waals surface area (Å²) in [4.78, 5) is 15.9. The third kappa shape index (κ3) is 2.60. The van der Waals surface area contributed by atoms with Crippen molar-refractivity contribution in [2.75, 3.05) is 11.1 Å². The summed E-state index contributed by atoms with van der Waals surface area (Å²) >= 11 is 6.03. The van der Waals surface area contributed by atoms with E-state index in [2.05, 4.69) is 10.3 Å². The molecule has 0 saturated heterocycles. The Balaban J connectivity index is 2.24. The van der Waals surface area contributed by atoms with E-state index in [4.69, 9.17) is 17.3 Å². The van der Waals surface area contributed by atoms with Crippen molar-refractivity contribution < 1.29 is 4.79 Å². The SMILES string of the molecule is Cc1ccc(NC(=O)c2ncccc2N)c(Cl)c1. The van der Waals surface area contributed by atoms with Gasteiger partial charge in [0.1, 0.15) is 0 Å². The van der Waals surface area contributed by atoms with E-state index in [9.17, 15) is 4.79 Å². The average molecular weight is 262 g/mol. The van der Waals surface area contributed by atoms with Crippen LogP contribution in [0.1, 0.15) is 16.1 Å². The molecule has 1 aromatic carbocycles. The van der Waals surface area contributed by atoms with Gasteiger partial charge in [-0.2, -0.15) is 0 Å². The first-order valence-electron chi connectivity index (χ1n) is 5.36. The lowest BCUT2D eigenvalue weighted by Gasteiger charge is -2.08. The van der Waals surface area contributed by atoms with Crippen molar-refractivity contribution in [3.05, 3.63) is 52.8 Å². The molecule has 0 aliphatic carbocycles. The molecular weight excluding hydrogens is 250 g/mol. The van der Waals surface area contributed by atoms with Crippen LogP contribution >= 0.6 is 11.6 Å². The van der Waals surface area contributed by atoms with Gasteiger partial charge in [0.05, 0.1) is 16.4 Å². The summed E-state index contributed by atoms with van der Waals surface area (Å²) in [5, 5.41) is 3.17. The second-order valence-corrected chi connectivity index (χ2v) is 4.29. The van der Waals surface area contributed by atoms with Gasteiger partial charge in [-0.3, -0.25) is 4.79 Å². The minimum absolute atomic E-state index is 0.189. The van der Waals surface area contributed by atoms with E-state index in [1.807, 2.05) is 13.0 Å². The smallest absolute Gasteiger partial charge is 0.276 e. The quantitative estimate of drug-likeness (QED) is 0.873. The van der Waals surface area contributed by atoms with Gasteiger partial charge in [-0.1, -0.05) is 17.7 Å². The van der Waals surface area contributed by atoms with E-state index in [1.165, 1.54) is 6.20 Å². The van der Waals surface area contributed by atoms with Crippen molar-refractivity contribution in [1.29, 1.82) is 0 Å². The third-order valence-electron chi connectivity index (χ3n) is 2.43. The number of hydrogen-bond acceptors (Lipinski definition) is 3. The van der Waals surface area contributed by atoms with Crippen molar-refractivity contribution in [2.24, 2.45) is 0 Å². The normalized spacial score (nSPS) is 10.1. The van der Waals surface area contributed by atoms with Gasteiger partial charge in [-0.25, -0.2) is 4.98 Å². The Morgan fingerprint density at radius 2 is 2.17 bits per heavy atom. The highest BCUT2D eigenvalue weighted by Crippen LogP contribution is 2.23. The van der Waals surface area contributed by atoms with E-state index < -0.39 is 0 Å². The summed E-state index contributed by atoms with van der Waals surface area (Å²) in [6.45, 7) is 1.92. The molecule has 1 amide bonds. The van der Waals surface area contributed by atoms with Gasteiger partial charge in [0.2, 0.25) is 0 Å². The van der Waals surface area contributed by atoms with Crippen LogP contribution in [-0.4, -0.2) is 10.9 Å². The number of nitrogens with one attached hydrogen (secondary N) is 1. The predicted molar refractivity (Wildman–Crippen MR) is 72.8 cm³/mol. The molecule has 0 radical (unpaired) electrons. The molecule has 0 bridgehead atoms. The van der Waals surface area contributed by atoms with Gasteiger partial charge in [-0.05, 0) is 36.8 Å². The fourth-order valence-corrected chi connectivity index (χ4v) is 1.79. The van der Waals surface area contributed by atoms with Crippen LogP contribution in [0.2, 0.25) is 5.02 Å². The predicted octanol–water partition coefficient (Wildman–Crippen LogP) is 2.88. The fraction of sp³-hybridized carbons (Fsp3) is 0.0769. The number of nitrogens with two attached hydrogens (primary N) is 1. The maximum Gasteiger partial charge on any atom is 0.276 e. The molecule has 3 N–H and O–H groups in total. The van der Waals surface area contributed by atoms with E-state index in [1.54, 1.807) is 24.3 Å². The van der Waals surface area contributed by atoms with E-state index in [-0.39, 0.29) is 11.6 Å². The third-order valence-corrected chi connectivity index (χ3v) is 2.74. The standard InChI is InChI=1S/C13H12ClN3O/c1-8-4-5-11(9(14)7-8)17-13(18)12-10(15)3-2-6-16-12/h2-7H,15H2,1H3,(H,17,18). The van der Waals surface area contributed by atoms with Crippen LogP contribution in [0.25, 0.3) is 0 Å². The monoisotopic (exact) mass is 261 g/mol. The molecule has 0 aliphatic heterocycles. The second kappa shape index (κ2) is 5.06. The Hall–Kier alpha value is -2.07. The zero-order valence-electron chi connectivity index (χ0n) is 9.77. The highest BCUT2D eigenvalue weighted by molar-refractivity contribution is 6.34. The van der Waals surface area contributed by atoms with Crippen molar-refractivity contribution in [3.63, 3.8) is 0 Å². The number of rotatable bonds is 2. The van der Waals surface area contributed by atoms with E-state index in [0.29, 0.717) is 16.4 Å². The average Bonchev–Trinajstić information content (AvgIpc) is 2.33. The number of nitrogens with zero attached hydrogens (tertiary/aromatic N) is 1. The van der Waals surface area contributed by atoms with Gasteiger partial charge in [0.15, 0.2) is 5.69 Å². The summed E-state index contributed by atoms with van der Waals surface area (Å²) in [5.41, 5.74) is 7.76. The molecule has 5 heteroatoms. The number of benzene rings is 1. The number of nitrogen functional groups attached to an aromatic ring is 1. The molecule has 2 rings (SSSR count). The summed E-state index contributed by atoms with van der Waals surface area (Å²) in [7, 11) is 0. The fourth-order valence-electron chi connectivity index (χ4n) is 1.51. The summed E-state index contributed by atoms with van der Waals surface area (Å²) < 4.78 is 0. The molecule has 1 aromatic heterocycles. The Morgan fingerprint density at radius 1 is 1.39 bits per heavy atom. The molecule has 18 heavy (non-hydrogen) atoms. The highest BCUT2D eigenvalue weighted by atomic mass is 35.5. The lowest BCUT2D eigenvalue weighted by Crippen LogP contribution is -2.15. The van der Waals surface area contributed by atoms with Crippen LogP contribution in [0.5, 0.6) is 0 Å². The first-order valence-corrected chi connectivity index (χ1v) is 5.73. The van der Waals surface area contributed by atoms with Crippen molar-refractivity contribution in [3.8, 4) is 0 Å². The van der Waals surface area contributed by atoms with Gasteiger partial charge in [0.25, 0.3) is 5.91 Å². The number of hydrogen-bond donors (Lipinski definition) is 2. The number of halogens is 1. The van der Waals surface area contributed by atoms with Crippen molar-refractivity contribution >= 4 is 28.9 Å². The Morgan fingerprint density at radius 3 is 2.83 bits per heavy atom. The minimum Gasteiger partial charge on any atom is -0.397 e. The summed E-state index contributed by atoms with van der Waals surface area (Å²) in [6.07, 6.45) is 1.52. The van der Waals surface area contributed by atoms with Crippen LogP contribution in [0.15, 0.2) is 36.5 Å². The van der Waals surface area contributed by atoms with E-state index in [0.717, 1.165) is 5.56 Å². The maximum absolute atomic E-state index is 12.0. The number of pyridine rings is 1. The molecule has 0 fully saturated rings. The second-order valence-electron chi connectivity index (χ2n) is 3.88. The summed E-state index contributed by atoms with van der Waals surface area (Å²) in [5.74, 6) is -0.376. The molecular formula is C13H12ClN3O.